The third-order valence-corrected chi connectivity index (χ3v) is 6.14. The molecule has 0 saturated heterocycles. The van der Waals surface area contributed by atoms with Gasteiger partial charge < -0.3 is 5.32 Å². The van der Waals surface area contributed by atoms with E-state index in [1.807, 2.05) is 6.92 Å². The maximum Gasteiger partial charge on any atom is 0.126 e. The molecular weight excluding hydrogens is 404 g/mol. The molecule has 1 aromatic heterocycles. The summed E-state index contributed by atoms with van der Waals surface area (Å²) < 4.78 is 0. The van der Waals surface area contributed by atoms with E-state index in [-0.39, 0.29) is 0 Å². The van der Waals surface area contributed by atoms with E-state index in [1.165, 1.54) is 48.5 Å². The van der Waals surface area contributed by atoms with Crippen LogP contribution >= 0.6 is 0 Å². The molecule has 0 spiro atoms. The van der Waals surface area contributed by atoms with Gasteiger partial charge in [-0.3, -0.25) is 9.98 Å². The molecule has 4 nitrogen and oxygen atoms in total. The lowest BCUT2D eigenvalue weighted by atomic mass is 9.95. The lowest BCUT2D eigenvalue weighted by Gasteiger charge is -2.22. The first-order chi connectivity index (χ1) is 16.1. The summed E-state index contributed by atoms with van der Waals surface area (Å²) in [6, 6.07) is 2.96. The molecule has 1 aliphatic rings. The molecule has 1 saturated carbocycles. The van der Waals surface area contributed by atoms with Crippen molar-refractivity contribution in [2.24, 2.45) is 9.98 Å². The largest absolute Gasteiger partial charge is 0.308 e. The SMILES string of the molecule is CC=NC(C/C=C\C(=C/C)Cc1cc(CNC2CCCCC2)nc(=C/CC)/c1=C\CC)=NC. The molecule has 0 aromatic carbocycles. The number of allylic oxidation sites excluding steroid dienone is 3. The highest BCUT2D eigenvalue weighted by atomic mass is 14.9. The van der Waals surface area contributed by atoms with Crippen LogP contribution in [0.4, 0.5) is 0 Å². The molecule has 0 radical (unpaired) electrons. The number of nitrogens with zero attached hydrogens (tertiary/aromatic N) is 3. The summed E-state index contributed by atoms with van der Waals surface area (Å²) in [5.74, 6) is 0.851. The van der Waals surface area contributed by atoms with Crippen molar-refractivity contribution in [3.8, 4) is 0 Å². The lowest BCUT2D eigenvalue weighted by molar-refractivity contribution is 0.371. The predicted octanol–water partition coefficient (Wildman–Crippen LogP) is 5.44. The van der Waals surface area contributed by atoms with Crippen LogP contribution < -0.4 is 15.9 Å². The van der Waals surface area contributed by atoms with Gasteiger partial charge in [0.05, 0.1) is 11.0 Å². The van der Waals surface area contributed by atoms with Crippen molar-refractivity contribution in [1.82, 2.24) is 10.3 Å². The molecule has 1 N–H and O–H groups in total. The smallest absolute Gasteiger partial charge is 0.126 e. The van der Waals surface area contributed by atoms with Gasteiger partial charge in [-0.25, -0.2) is 4.99 Å². The second-order valence-corrected chi connectivity index (χ2v) is 8.69. The number of rotatable bonds is 10. The average molecular weight is 449 g/mol. The summed E-state index contributed by atoms with van der Waals surface area (Å²) in [6.45, 7) is 9.28. The molecular formula is C29H44N4. The van der Waals surface area contributed by atoms with E-state index in [9.17, 15) is 0 Å². The number of hydrogen-bond donors (Lipinski definition) is 1. The van der Waals surface area contributed by atoms with Gasteiger partial charge in [-0.1, -0.05) is 63.5 Å². The summed E-state index contributed by atoms with van der Waals surface area (Å²) in [5, 5.41) is 6.20. The Morgan fingerprint density at radius 1 is 1.12 bits per heavy atom. The second-order valence-electron chi connectivity index (χ2n) is 8.69. The van der Waals surface area contributed by atoms with Gasteiger partial charge >= 0.3 is 0 Å². The van der Waals surface area contributed by atoms with Crippen LogP contribution in [-0.4, -0.2) is 30.1 Å². The van der Waals surface area contributed by atoms with Gasteiger partial charge in [0.15, 0.2) is 0 Å². The Kier molecular flexibility index (Phi) is 12.6. The van der Waals surface area contributed by atoms with E-state index in [0.29, 0.717) is 6.04 Å². The van der Waals surface area contributed by atoms with Crippen molar-refractivity contribution < 1.29 is 0 Å². The molecule has 180 valence electrons. The highest BCUT2D eigenvalue weighted by Crippen LogP contribution is 2.17. The molecule has 1 fully saturated rings. The number of aromatic nitrogens is 1. The second kappa shape index (κ2) is 15.5. The highest BCUT2D eigenvalue weighted by Gasteiger charge is 2.13. The third-order valence-electron chi connectivity index (χ3n) is 6.14. The lowest BCUT2D eigenvalue weighted by Crippen LogP contribution is -2.36. The van der Waals surface area contributed by atoms with E-state index >= 15 is 0 Å². The predicted molar refractivity (Wildman–Crippen MR) is 145 cm³/mol. The maximum atomic E-state index is 5.06. The molecule has 33 heavy (non-hydrogen) atoms. The van der Waals surface area contributed by atoms with Crippen molar-refractivity contribution in [3.05, 3.63) is 51.7 Å². The van der Waals surface area contributed by atoms with Crippen molar-refractivity contribution in [2.75, 3.05) is 7.05 Å². The van der Waals surface area contributed by atoms with Crippen molar-refractivity contribution >= 4 is 24.2 Å². The van der Waals surface area contributed by atoms with Gasteiger partial charge in [0.25, 0.3) is 0 Å². The van der Waals surface area contributed by atoms with E-state index in [4.69, 9.17) is 4.98 Å². The van der Waals surface area contributed by atoms with Crippen molar-refractivity contribution in [2.45, 2.75) is 98.1 Å². The fourth-order valence-electron chi connectivity index (χ4n) is 4.42. The van der Waals surface area contributed by atoms with Gasteiger partial charge in [0.2, 0.25) is 0 Å². The molecule has 4 heteroatoms. The van der Waals surface area contributed by atoms with Crippen molar-refractivity contribution in [1.29, 1.82) is 0 Å². The standard InChI is InChI=1S/C29H44N4/c1-6-14-27-24(20-23(8-3)16-13-19-29(30-5)31-9-4)21-26(33-28(27)15-7-2)22-32-25-17-11-10-12-18-25/h8-9,13-16,21,25,32H,6-7,10-12,17-20,22H2,1-5H3/b16-13-,23-8+,27-14-,28-15+,30-29?,31-9?. The zero-order valence-electron chi connectivity index (χ0n) is 21.5. The Bertz CT molecular complexity index is 960. The zero-order valence-corrected chi connectivity index (χ0v) is 21.5. The Labute approximate surface area is 201 Å². The first kappa shape index (κ1) is 26.9. The molecule has 1 aliphatic carbocycles. The van der Waals surface area contributed by atoms with Gasteiger partial charge in [0.1, 0.15) is 5.84 Å². The third kappa shape index (κ3) is 9.21. The fraction of sp³-hybridized carbons (Fsp3) is 0.552. The van der Waals surface area contributed by atoms with Gasteiger partial charge in [-0.05, 0) is 68.4 Å². The molecule has 0 unspecified atom stereocenters. The first-order valence-corrected chi connectivity index (χ1v) is 12.8. The average Bonchev–Trinajstić information content (AvgIpc) is 2.84. The molecule has 1 aromatic rings. The van der Waals surface area contributed by atoms with Crippen LogP contribution in [0.3, 0.4) is 0 Å². The minimum absolute atomic E-state index is 0.638. The van der Waals surface area contributed by atoms with Crippen molar-refractivity contribution in [3.63, 3.8) is 0 Å². The van der Waals surface area contributed by atoms with Crippen LogP contribution in [0.2, 0.25) is 0 Å². The van der Waals surface area contributed by atoms with E-state index in [2.05, 4.69) is 72.5 Å². The summed E-state index contributed by atoms with van der Waals surface area (Å²) in [6.07, 6.45) is 23.3. The molecule has 0 aliphatic heterocycles. The molecule has 0 amide bonds. The zero-order chi connectivity index (χ0) is 23.9. The number of amidine groups is 1. The quantitative estimate of drug-likeness (QED) is 0.294. The molecule has 1 heterocycles. The summed E-state index contributed by atoms with van der Waals surface area (Å²) >= 11 is 0. The maximum absolute atomic E-state index is 5.06. The molecule has 0 bridgehead atoms. The van der Waals surface area contributed by atoms with E-state index in [1.54, 1.807) is 13.3 Å². The topological polar surface area (TPSA) is 49.6 Å². The van der Waals surface area contributed by atoms with Crippen LogP contribution in [0.1, 0.15) is 90.3 Å². The van der Waals surface area contributed by atoms with Gasteiger partial charge in [-0.15, -0.1) is 0 Å². The Morgan fingerprint density at radius 2 is 1.88 bits per heavy atom. The summed E-state index contributed by atoms with van der Waals surface area (Å²) in [4.78, 5) is 13.6. The van der Waals surface area contributed by atoms with Crippen LogP contribution in [0.25, 0.3) is 12.2 Å². The van der Waals surface area contributed by atoms with Gasteiger partial charge in [0, 0.05) is 32.3 Å². The number of nitrogens with one attached hydrogen (secondary N) is 1. The van der Waals surface area contributed by atoms with Crippen LogP contribution in [0.15, 0.2) is 39.9 Å². The fourth-order valence-corrected chi connectivity index (χ4v) is 4.42. The first-order valence-electron chi connectivity index (χ1n) is 12.8. The summed E-state index contributed by atoms with van der Waals surface area (Å²) in [7, 11) is 1.80. The van der Waals surface area contributed by atoms with E-state index < -0.39 is 0 Å². The monoisotopic (exact) mass is 448 g/mol. The highest BCUT2D eigenvalue weighted by molar-refractivity contribution is 5.89. The summed E-state index contributed by atoms with van der Waals surface area (Å²) in [5.41, 5.74) is 3.82. The van der Waals surface area contributed by atoms with Crippen LogP contribution in [0.5, 0.6) is 0 Å². The molecule has 0 atom stereocenters. The Hall–Kier alpha value is -2.33. The van der Waals surface area contributed by atoms with Crippen LogP contribution in [0, 0.1) is 0 Å². The minimum atomic E-state index is 0.638. The normalized spacial score (nSPS) is 17.7. The Morgan fingerprint density at radius 3 is 2.52 bits per heavy atom. The number of pyridine rings is 1. The number of hydrogen-bond acceptors (Lipinski definition) is 3. The molecule has 2 rings (SSSR count). The Balaban J connectivity index is 2.30. The van der Waals surface area contributed by atoms with E-state index in [0.717, 1.165) is 49.1 Å². The number of aliphatic imine (C=N–C) groups is 2. The minimum Gasteiger partial charge on any atom is -0.308 e. The van der Waals surface area contributed by atoms with Crippen LogP contribution in [-0.2, 0) is 13.0 Å². The van der Waals surface area contributed by atoms with Gasteiger partial charge in [-0.2, -0.15) is 0 Å².